The van der Waals surface area contributed by atoms with E-state index in [1.807, 2.05) is 34.3 Å². The molecule has 3 aromatic rings. The molecule has 2 amide bonds. The Morgan fingerprint density at radius 2 is 1.76 bits per heavy atom. The van der Waals surface area contributed by atoms with Crippen LogP contribution in [0.15, 0.2) is 54.0 Å². The highest BCUT2D eigenvalue weighted by Crippen LogP contribution is 2.36. The third kappa shape index (κ3) is 4.36. The van der Waals surface area contributed by atoms with Crippen molar-refractivity contribution in [2.45, 2.75) is 70.5 Å². The molecular formula is C27H31N3O2S. The third-order valence-electron chi connectivity index (χ3n) is 6.97. The normalized spacial score (nSPS) is 18.9. The summed E-state index contributed by atoms with van der Waals surface area (Å²) in [6.07, 6.45) is 9.72. The lowest BCUT2D eigenvalue weighted by Gasteiger charge is -2.31. The number of hydrogen-bond acceptors (Lipinski definition) is 3. The van der Waals surface area contributed by atoms with Gasteiger partial charge in [-0.15, -0.1) is 11.3 Å². The van der Waals surface area contributed by atoms with Gasteiger partial charge in [-0.2, -0.15) is 0 Å². The molecule has 0 radical (unpaired) electrons. The third-order valence-corrected chi connectivity index (χ3v) is 7.86. The topological polar surface area (TPSA) is 54.3 Å². The molecule has 1 aromatic carbocycles. The van der Waals surface area contributed by atoms with E-state index in [9.17, 15) is 9.59 Å². The molecule has 0 unspecified atom stereocenters. The van der Waals surface area contributed by atoms with Crippen LogP contribution in [0.5, 0.6) is 0 Å². The molecule has 5 rings (SSSR count). The molecule has 3 heterocycles. The smallest absolute Gasteiger partial charge is 0.267 e. The maximum absolute atomic E-state index is 13.8. The van der Waals surface area contributed by atoms with Crippen LogP contribution in [0, 0.1) is 0 Å². The molecule has 0 bridgehead atoms. The SMILES string of the molecule is CCc1ccc(CN2C(=O)c3sccc3-n3cccc3[C@H]2C(=O)NC2CCCCCC2)cc1. The van der Waals surface area contributed by atoms with E-state index < -0.39 is 6.04 Å². The van der Waals surface area contributed by atoms with Crippen molar-refractivity contribution >= 4 is 23.2 Å². The van der Waals surface area contributed by atoms with Crippen molar-refractivity contribution in [2.75, 3.05) is 0 Å². The van der Waals surface area contributed by atoms with Crippen LogP contribution in [0.3, 0.4) is 0 Å². The van der Waals surface area contributed by atoms with E-state index in [2.05, 4.69) is 36.5 Å². The lowest BCUT2D eigenvalue weighted by atomic mass is 10.0. The van der Waals surface area contributed by atoms with E-state index in [1.165, 1.54) is 29.7 Å². The zero-order valence-electron chi connectivity index (χ0n) is 19.1. The van der Waals surface area contributed by atoms with Crippen LogP contribution in [0.25, 0.3) is 5.69 Å². The van der Waals surface area contributed by atoms with Crippen LogP contribution in [-0.4, -0.2) is 27.3 Å². The largest absolute Gasteiger partial charge is 0.351 e. The molecule has 2 aromatic heterocycles. The summed E-state index contributed by atoms with van der Waals surface area (Å²) in [4.78, 5) is 30.0. The molecule has 1 aliphatic heterocycles. The van der Waals surface area contributed by atoms with Gasteiger partial charge in [-0.3, -0.25) is 9.59 Å². The number of carbonyl (C=O) groups is 2. The Morgan fingerprint density at radius 1 is 1.03 bits per heavy atom. The maximum atomic E-state index is 13.8. The Bertz CT molecular complexity index is 1120. The van der Waals surface area contributed by atoms with Crippen LogP contribution in [0.4, 0.5) is 0 Å². The number of carbonyl (C=O) groups excluding carboxylic acids is 2. The Morgan fingerprint density at radius 3 is 2.48 bits per heavy atom. The number of hydrogen-bond donors (Lipinski definition) is 1. The zero-order valence-corrected chi connectivity index (χ0v) is 19.9. The van der Waals surface area contributed by atoms with Crippen LogP contribution >= 0.6 is 11.3 Å². The van der Waals surface area contributed by atoms with Crippen LogP contribution in [-0.2, 0) is 17.8 Å². The number of rotatable bonds is 5. The second-order valence-electron chi connectivity index (χ2n) is 9.14. The van der Waals surface area contributed by atoms with Gasteiger partial charge < -0.3 is 14.8 Å². The summed E-state index contributed by atoms with van der Waals surface area (Å²) in [5.74, 6) is -0.153. The first kappa shape index (κ1) is 22.0. The highest BCUT2D eigenvalue weighted by molar-refractivity contribution is 7.12. The predicted molar refractivity (Wildman–Crippen MR) is 132 cm³/mol. The van der Waals surface area contributed by atoms with Crippen molar-refractivity contribution in [3.05, 3.63) is 75.7 Å². The summed E-state index contributed by atoms with van der Waals surface area (Å²) in [5, 5.41) is 5.27. The number of thiophene rings is 1. The number of aryl methyl sites for hydroxylation is 1. The van der Waals surface area contributed by atoms with Crippen molar-refractivity contribution in [3.8, 4) is 5.69 Å². The molecular weight excluding hydrogens is 430 g/mol. The minimum absolute atomic E-state index is 0.0736. The Kier molecular flexibility index (Phi) is 6.36. The fourth-order valence-electron chi connectivity index (χ4n) is 5.12. The fourth-order valence-corrected chi connectivity index (χ4v) is 5.95. The summed E-state index contributed by atoms with van der Waals surface area (Å²) in [6, 6.07) is 13.8. The van der Waals surface area contributed by atoms with Gasteiger partial charge in [-0.25, -0.2) is 0 Å². The van der Waals surface area contributed by atoms with Gasteiger partial charge in [0.1, 0.15) is 4.88 Å². The van der Waals surface area contributed by atoms with Crippen molar-refractivity contribution in [1.82, 2.24) is 14.8 Å². The zero-order chi connectivity index (χ0) is 22.8. The molecule has 1 saturated carbocycles. The summed E-state index contributed by atoms with van der Waals surface area (Å²) in [6.45, 7) is 2.53. The average Bonchev–Trinajstić information content (AvgIpc) is 3.41. The Labute approximate surface area is 199 Å². The van der Waals surface area contributed by atoms with Crippen molar-refractivity contribution < 1.29 is 9.59 Å². The Hall–Kier alpha value is -2.86. The van der Waals surface area contributed by atoms with Gasteiger partial charge in [0.15, 0.2) is 6.04 Å². The van der Waals surface area contributed by atoms with E-state index in [4.69, 9.17) is 0 Å². The quantitative estimate of drug-likeness (QED) is 0.500. The number of nitrogens with one attached hydrogen (secondary N) is 1. The molecule has 1 aliphatic carbocycles. The molecule has 172 valence electrons. The van der Waals surface area contributed by atoms with Gasteiger partial charge in [-0.05, 0) is 54.0 Å². The molecule has 0 saturated heterocycles. The monoisotopic (exact) mass is 461 g/mol. The molecule has 1 N–H and O–H groups in total. The number of fused-ring (bicyclic) bond motifs is 3. The van der Waals surface area contributed by atoms with E-state index in [1.54, 1.807) is 4.90 Å². The number of aromatic nitrogens is 1. The molecule has 0 spiro atoms. The summed E-state index contributed by atoms with van der Waals surface area (Å²) >= 11 is 1.44. The second-order valence-corrected chi connectivity index (χ2v) is 10.1. The van der Waals surface area contributed by atoms with Crippen molar-refractivity contribution in [1.29, 1.82) is 0 Å². The fraction of sp³-hybridized carbons (Fsp3) is 0.407. The van der Waals surface area contributed by atoms with E-state index in [0.717, 1.165) is 49.0 Å². The van der Waals surface area contributed by atoms with Gasteiger partial charge in [0.2, 0.25) is 5.91 Å². The van der Waals surface area contributed by atoms with E-state index >= 15 is 0 Å². The van der Waals surface area contributed by atoms with Gasteiger partial charge in [-0.1, -0.05) is 56.9 Å². The average molecular weight is 462 g/mol. The van der Waals surface area contributed by atoms with Crippen LogP contribution in [0.2, 0.25) is 0 Å². The first-order chi connectivity index (χ1) is 16.2. The van der Waals surface area contributed by atoms with Gasteiger partial charge >= 0.3 is 0 Å². The van der Waals surface area contributed by atoms with Gasteiger partial charge in [0.05, 0.1) is 11.4 Å². The van der Waals surface area contributed by atoms with Crippen LogP contribution in [0.1, 0.15) is 78.0 Å². The molecule has 1 fully saturated rings. The summed E-state index contributed by atoms with van der Waals surface area (Å²) < 4.78 is 2.02. The molecule has 5 nitrogen and oxygen atoms in total. The van der Waals surface area contributed by atoms with Crippen molar-refractivity contribution in [2.24, 2.45) is 0 Å². The minimum Gasteiger partial charge on any atom is -0.351 e. The highest BCUT2D eigenvalue weighted by Gasteiger charge is 2.39. The number of benzene rings is 1. The molecule has 33 heavy (non-hydrogen) atoms. The summed E-state index contributed by atoms with van der Waals surface area (Å²) in [5.41, 5.74) is 4.00. The molecule has 1 atom stereocenters. The lowest BCUT2D eigenvalue weighted by molar-refractivity contribution is -0.127. The first-order valence-corrected chi connectivity index (χ1v) is 13.0. The number of amides is 2. The predicted octanol–water partition coefficient (Wildman–Crippen LogP) is 5.64. The van der Waals surface area contributed by atoms with E-state index in [-0.39, 0.29) is 17.9 Å². The maximum Gasteiger partial charge on any atom is 0.267 e. The van der Waals surface area contributed by atoms with E-state index in [0.29, 0.717) is 11.4 Å². The van der Waals surface area contributed by atoms with Crippen LogP contribution < -0.4 is 5.32 Å². The lowest BCUT2D eigenvalue weighted by Crippen LogP contribution is -2.46. The first-order valence-electron chi connectivity index (χ1n) is 12.1. The second kappa shape index (κ2) is 9.56. The molecule has 2 aliphatic rings. The standard InChI is InChI=1S/C27H31N3O2S/c1-2-19-11-13-20(14-12-19)18-30-24(26(31)28-21-8-5-3-4-6-9-21)22-10-7-16-29(22)23-15-17-33-25(23)27(30)32/h7,10-17,21,24H,2-6,8-9,18H2,1H3,(H,28,31)/t24-/m0/s1. The summed E-state index contributed by atoms with van der Waals surface area (Å²) in [7, 11) is 0. The minimum atomic E-state index is -0.666. The number of nitrogens with zero attached hydrogens (tertiary/aromatic N) is 2. The highest BCUT2D eigenvalue weighted by atomic mass is 32.1. The van der Waals surface area contributed by atoms with Gasteiger partial charge in [0, 0.05) is 18.8 Å². The Balaban J connectivity index is 1.52. The van der Waals surface area contributed by atoms with Crippen molar-refractivity contribution in [3.63, 3.8) is 0 Å². The van der Waals surface area contributed by atoms with Gasteiger partial charge in [0.25, 0.3) is 5.91 Å². The molecule has 6 heteroatoms.